The van der Waals surface area contributed by atoms with Crippen LogP contribution in [-0.4, -0.2) is 21.2 Å². The van der Waals surface area contributed by atoms with Crippen LogP contribution in [0.3, 0.4) is 0 Å². The largest absolute Gasteiger partial charge is 0.266 e. The molecule has 1 rings (SSSR count). The molecule has 82 valence electrons. The second-order valence-electron chi connectivity index (χ2n) is 3.56. The average Bonchev–Trinajstić information content (AvgIpc) is 2.14. The Hall–Kier alpha value is -1.29. The molecule has 0 spiro atoms. The molecule has 0 unspecified atom stereocenters. The summed E-state index contributed by atoms with van der Waals surface area (Å²) < 4.78 is 24.4. The lowest BCUT2D eigenvalue weighted by atomic mass is 10.3. The lowest BCUT2D eigenvalue weighted by Crippen LogP contribution is -2.31. The molecule has 0 aliphatic carbocycles. The summed E-state index contributed by atoms with van der Waals surface area (Å²) in [5.74, 6) is 0. The smallest absolute Gasteiger partial charge is 0.232 e. The minimum absolute atomic E-state index is 0.322. The third kappa shape index (κ3) is 3.40. The first-order chi connectivity index (χ1) is 6.91. The van der Waals surface area contributed by atoms with Crippen molar-refractivity contribution in [3.8, 4) is 0 Å². The third-order valence-corrected chi connectivity index (χ3v) is 3.00. The quantitative estimate of drug-likeness (QED) is 0.735. The van der Waals surface area contributed by atoms with E-state index in [4.69, 9.17) is 0 Å². The van der Waals surface area contributed by atoms with E-state index in [9.17, 15) is 8.42 Å². The minimum atomic E-state index is -3.24. The van der Waals surface area contributed by atoms with Crippen LogP contribution in [-0.2, 0) is 10.0 Å². The van der Waals surface area contributed by atoms with Crippen LogP contribution >= 0.6 is 0 Å². The standard InChI is InChI=1S/C11H15NO2S/c1-10(2)9-12(15(3,13)14)11-7-5-4-6-8-11/h4-8H,1,9H2,2-3H3. The summed E-state index contributed by atoms with van der Waals surface area (Å²) >= 11 is 0. The summed E-state index contributed by atoms with van der Waals surface area (Å²) in [6.45, 7) is 5.86. The highest BCUT2D eigenvalue weighted by Gasteiger charge is 2.16. The lowest BCUT2D eigenvalue weighted by Gasteiger charge is -2.22. The first kappa shape index (κ1) is 11.8. The molecule has 0 radical (unpaired) electrons. The number of nitrogens with zero attached hydrogens (tertiary/aromatic N) is 1. The lowest BCUT2D eigenvalue weighted by molar-refractivity contribution is 0.598. The van der Waals surface area contributed by atoms with Gasteiger partial charge in [-0.2, -0.15) is 0 Å². The monoisotopic (exact) mass is 225 g/mol. The molecular formula is C11H15NO2S. The van der Waals surface area contributed by atoms with Crippen molar-refractivity contribution in [3.05, 3.63) is 42.5 Å². The molecule has 0 heterocycles. The van der Waals surface area contributed by atoms with Gasteiger partial charge in [-0.25, -0.2) is 8.42 Å². The maximum Gasteiger partial charge on any atom is 0.232 e. The molecular weight excluding hydrogens is 210 g/mol. The number of rotatable bonds is 4. The molecule has 4 heteroatoms. The Bertz CT molecular complexity index is 437. The fourth-order valence-electron chi connectivity index (χ4n) is 1.24. The van der Waals surface area contributed by atoms with Crippen molar-refractivity contribution in [2.75, 3.05) is 17.1 Å². The fraction of sp³-hybridized carbons (Fsp3) is 0.273. The van der Waals surface area contributed by atoms with Crippen molar-refractivity contribution in [3.63, 3.8) is 0 Å². The highest BCUT2D eigenvalue weighted by atomic mass is 32.2. The van der Waals surface area contributed by atoms with Gasteiger partial charge < -0.3 is 0 Å². The Morgan fingerprint density at radius 2 is 1.87 bits per heavy atom. The fourth-order valence-corrected chi connectivity index (χ4v) is 2.20. The molecule has 1 aromatic rings. The van der Waals surface area contributed by atoms with Gasteiger partial charge in [0, 0.05) is 0 Å². The van der Waals surface area contributed by atoms with Crippen LogP contribution in [0.5, 0.6) is 0 Å². The third-order valence-electron chi connectivity index (χ3n) is 1.86. The second-order valence-corrected chi connectivity index (χ2v) is 5.47. The van der Waals surface area contributed by atoms with E-state index in [0.29, 0.717) is 12.2 Å². The molecule has 3 nitrogen and oxygen atoms in total. The molecule has 1 aromatic carbocycles. The molecule has 0 bridgehead atoms. The Morgan fingerprint density at radius 1 is 1.33 bits per heavy atom. The van der Waals surface area contributed by atoms with Crippen molar-refractivity contribution in [1.82, 2.24) is 0 Å². The van der Waals surface area contributed by atoms with Gasteiger partial charge >= 0.3 is 0 Å². The zero-order valence-corrected chi connectivity index (χ0v) is 9.79. The van der Waals surface area contributed by atoms with Crippen LogP contribution in [0.1, 0.15) is 6.92 Å². The Labute approximate surface area is 91.1 Å². The molecule has 0 atom stereocenters. The van der Waals surface area contributed by atoms with E-state index in [-0.39, 0.29) is 0 Å². The maximum atomic E-state index is 11.6. The van der Waals surface area contributed by atoms with E-state index in [1.807, 2.05) is 18.2 Å². The Kier molecular flexibility index (Phi) is 3.52. The van der Waals surface area contributed by atoms with Gasteiger partial charge in [-0.15, -0.1) is 0 Å². The van der Waals surface area contributed by atoms with Crippen LogP contribution < -0.4 is 4.31 Å². The van der Waals surface area contributed by atoms with E-state index in [2.05, 4.69) is 6.58 Å². The molecule has 0 saturated carbocycles. The Morgan fingerprint density at radius 3 is 2.27 bits per heavy atom. The molecule has 0 fully saturated rings. The average molecular weight is 225 g/mol. The predicted molar refractivity (Wildman–Crippen MR) is 63.4 cm³/mol. The van der Waals surface area contributed by atoms with Crippen LogP contribution in [0.4, 0.5) is 5.69 Å². The number of hydrogen-bond acceptors (Lipinski definition) is 2. The number of sulfonamides is 1. The van der Waals surface area contributed by atoms with Crippen LogP contribution in [0.2, 0.25) is 0 Å². The van der Waals surface area contributed by atoms with Crippen molar-refractivity contribution < 1.29 is 8.42 Å². The van der Waals surface area contributed by atoms with Crippen LogP contribution in [0.15, 0.2) is 42.5 Å². The van der Waals surface area contributed by atoms with Crippen molar-refractivity contribution in [2.24, 2.45) is 0 Å². The minimum Gasteiger partial charge on any atom is -0.266 e. The molecule has 0 aliphatic rings. The topological polar surface area (TPSA) is 37.4 Å². The predicted octanol–water partition coefficient (Wildman–Crippen LogP) is 2.03. The highest BCUT2D eigenvalue weighted by Crippen LogP contribution is 2.17. The van der Waals surface area contributed by atoms with Crippen molar-refractivity contribution >= 4 is 15.7 Å². The van der Waals surface area contributed by atoms with Gasteiger partial charge in [-0.05, 0) is 19.1 Å². The van der Waals surface area contributed by atoms with E-state index in [0.717, 1.165) is 5.57 Å². The van der Waals surface area contributed by atoms with Gasteiger partial charge in [-0.1, -0.05) is 30.4 Å². The zero-order chi connectivity index (χ0) is 11.5. The van der Waals surface area contributed by atoms with Crippen molar-refractivity contribution in [2.45, 2.75) is 6.92 Å². The molecule has 0 amide bonds. The first-order valence-electron chi connectivity index (χ1n) is 4.58. The summed E-state index contributed by atoms with van der Waals surface area (Å²) in [5.41, 5.74) is 1.48. The van der Waals surface area contributed by atoms with Gasteiger partial charge in [0.25, 0.3) is 0 Å². The van der Waals surface area contributed by atoms with E-state index >= 15 is 0 Å². The summed E-state index contributed by atoms with van der Waals surface area (Å²) in [6.07, 6.45) is 1.20. The van der Waals surface area contributed by atoms with Gasteiger partial charge in [0.1, 0.15) is 0 Å². The van der Waals surface area contributed by atoms with E-state index in [1.165, 1.54) is 10.6 Å². The van der Waals surface area contributed by atoms with Crippen LogP contribution in [0, 0.1) is 0 Å². The molecule has 15 heavy (non-hydrogen) atoms. The van der Waals surface area contributed by atoms with E-state index < -0.39 is 10.0 Å². The van der Waals surface area contributed by atoms with E-state index in [1.54, 1.807) is 19.1 Å². The second kappa shape index (κ2) is 4.49. The molecule has 0 N–H and O–H groups in total. The summed E-state index contributed by atoms with van der Waals surface area (Å²) in [4.78, 5) is 0. The summed E-state index contributed by atoms with van der Waals surface area (Å²) in [5, 5.41) is 0. The summed E-state index contributed by atoms with van der Waals surface area (Å²) in [7, 11) is -3.24. The molecule has 0 aromatic heterocycles. The zero-order valence-electron chi connectivity index (χ0n) is 8.97. The number of anilines is 1. The molecule has 0 aliphatic heterocycles. The molecule has 0 saturated heterocycles. The maximum absolute atomic E-state index is 11.6. The van der Waals surface area contributed by atoms with Crippen molar-refractivity contribution in [1.29, 1.82) is 0 Å². The highest BCUT2D eigenvalue weighted by molar-refractivity contribution is 7.92. The first-order valence-corrected chi connectivity index (χ1v) is 6.43. The SMILES string of the molecule is C=C(C)CN(c1ccccc1)S(C)(=O)=O. The van der Waals surface area contributed by atoms with Crippen LogP contribution in [0.25, 0.3) is 0 Å². The van der Waals surface area contributed by atoms with Gasteiger partial charge in [0.2, 0.25) is 10.0 Å². The normalized spacial score (nSPS) is 11.1. The number of benzene rings is 1. The van der Waals surface area contributed by atoms with Gasteiger partial charge in [-0.3, -0.25) is 4.31 Å². The number of hydrogen-bond donors (Lipinski definition) is 0. The van der Waals surface area contributed by atoms with Gasteiger partial charge in [0.15, 0.2) is 0 Å². The summed E-state index contributed by atoms with van der Waals surface area (Å²) in [6, 6.07) is 9.01. The number of para-hydroxylation sites is 1. The Balaban J connectivity index is 3.08. The van der Waals surface area contributed by atoms with Gasteiger partial charge in [0.05, 0.1) is 18.5 Å².